The Labute approximate surface area is 146 Å². The van der Waals surface area contributed by atoms with Crippen LogP contribution >= 0.6 is 11.8 Å². The molecule has 2 atom stereocenters. The van der Waals surface area contributed by atoms with Crippen LogP contribution < -0.4 is 0 Å². The van der Waals surface area contributed by atoms with Crippen LogP contribution in [0.1, 0.15) is 12.0 Å². The molecule has 0 unspecified atom stereocenters. The van der Waals surface area contributed by atoms with E-state index in [1.807, 2.05) is 35.2 Å². The molecular formula is C17H20N2O3S2. The highest BCUT2D eigenvalue weighted by atomic mass is 32.2. The molecule has 1 aromatic carbocycles. The molecule has 1 aromatic rings. The quantitative estimate of drug-likeness (QED) is 0.747. The molecule has 7 heteroatoms. The second-order valence-electron chi connectivity index (χ2n) is 6.02. The van der Waals surface area contributed by atoms with E-state index >= 15 is 0 Å². The van der Waals surface area contributed by atoms with E-state index in [0.29, 0.717) is 24.6 Å². The van der Waals surface area contributed by atoms with E-state index < -0.39 is 9.84 Å². The van der Waals surface area contributed by atoms with Gasteiger partial charge in [0, 0.05) is 18.2 Å². The van der Waals surface area contributed by atoms with Crippen LogP contribution in [0.15, 0.2) is 48.0 Å². The molecule has 2 heterocycles. The van der Waals surface area contributed by atoms with Crippen LogP contribution in [0.3, 0.4) is 0 Å². The number of sulfone groups is 1. The van der Waals surface area contributed by atoms with E-state index in [2.05, 4.69) is 11.6 Å². The number of nitrogens with zero attached hydrogens (tertiary/aromatic N) is 2. The van der Waals surface area contributed by atoms with Crippen molar-refractivity contribution in [2.24, 2.45) is 4.99 Å². The van der Waals surface area contributed by atoms with Crippen LogP contribution in [0.5, 0.6) is 0 Å². The molecule has 0 bridgehead atoms. The fourth-order valence-electron chi connectivity index (χ4n) is 3.05. The summed E-state index contributed by atoms with van der Waals surface area (Å²) in [6.45, 7) is 4.23. The molecule has 0 aliphatic carbocycles. The van der Waals surface area contributed by atoms with Crippen molar-refractivity contribution in [1.82, 2.24) is 4.90 Å². The summed E-state index contributed by atoms with van der Waals surface area (Å²) in [5.74, 6) is 0.126. The van der Waals surface area contributed by atoms with Crippen molar-refractivity contribution < 1.29 is 13.2 Å². The summed E-state index contributed by atoms with van der Waals surface area (Å²) >= 11 is 1.41. The average molecular weight is 364 g/mol. The summed E-state index contributed by atoms with van der Waals surface area (Å²) in [4.78, 5) is 18.4. The minimum atomic E-state index is -2.99. The number of amidine groups is 1. The summed E-state index contributed by atoms with van der Waals surface area (Å²) in [6, 6.07) is 9.73. The van der Waals surface area contributed by atoms with Gasteiger partial charge in [0.05, 0.1) is 17.5 Å². The zero-order chi connectivity index (χ0) is 17.2. The summed E-state index contributed by atoms with van der Waals surface area (Å²) in [5.41, 5.74) is 1.11. The largest absolute Gasteiger partial charge is 0.342 e. The first-order chi connectivity index (χ1) is 11.5. The fourth-order valence-corrected chi connectivity index (χ4v) is 7.02. The van der Waals surface area contributed by atoms with Crippen LogP contribution in [-0.2, 0) is 21.1 Å². The number of carbonyl (C=O) groups is 1. The van der Waals surface area contributed by atoms with Gasteiger partial charge >= 0.3 is 0 Å². The second-order valence-corrected chi connectivity index (χ2v) is 9.38. The third-order valence-electron chi connectivity index (χ3n) is 4.19. The maximum absolute atomic E-state index is 12.2. The molecule has 1 amide bonds. The van der Waals surface area contributed by atoms with Gasteiger partial charge in [-0.05, 0) is 12.0 Å². The van der Waals surface area contributed by atoms with Gasteiger partial charge in [-0.1, -0.05) is 48.2 Å². The lowest BCUT2D eigenvalue weighted by atomic mass is 10.1. The minimum absolute atomic E-state index is 0.0318. The van der Waals surface area contributed by atoms with Gasteiger partial charge in [-0.15, -0.1) is 6.58 Å². The standard InChI is InChI=1S/C17H20N2O3S2/c1-2-10-19-14-11-24(21,22)12-15(14)23-17(19)18-16(20)9-8-13-6-4-3-5-7-13/h2-7,14-15H,1,8-12H2/t14-,15+/m1/s1. The number of benzene rings is 1. The van der Waals surface area contributed by atoms with E-state index in [9.17, 15) is 13.2 Å². The number of carbonyl (C=O) groups excluding carboxylic acids is 1. The van der Waals surface area contributed by atoms with Crippen LogP contribution in [0, 0.1) is 0 Å². The van der Waals surface area contributed by atoms with Crippen LogP contribution in [0.4, 0.5) is 0 Å². The molecule has 0 aromatic heterocycles. The van der Waals surface area contributed by atoms with Gasteiger partial charge in [0.1, 0.15) is 0 Å². The number of aliphatic imine (C=N–C) groups is 1. The van der Waals surface area contributed by atoms with Crippen LogP contribution in [0.2, 0.25) is 0 Å². The van der Waals surface area contributed by atoms with Gasteiger partial charge in [0.15, 0.2) is 15.0 Å². The lowest BCUT2D eigenvalue weighted by Crippen LogP contribution is -2.37. The highest BCUT2D eigenvalue weighted by molar-refractivity contribution is 8.15. The zero-order valence-corrected chi connectivity index (χ0v) is 14.9. The first kappa shape index (κ1) is 17.2. The van der Waals surface area contributed by atoms with Gasteiger partial charge in [0.25, 0.3) is 0 Å². The lowest BCUT2D eigenvalue weighted by molar-refractivity contribution is -0.117. The first-order valence-corrected chi connectivity index (χ1v) is 10.6. The van der Waals surface area contributed by atoms with E-state index in [1.165, 1.54) is 11.8 Å². The number of thioether (sulfide) groups is 1. The molecular weight excluding hydrogens is 344 g/mol. The van der Waals surface area contributed by atoms with Crippen molar-refractivity contribution >= 4 is 32.7 Å². The van der Waals surface area contributed by atoms with Gasteiger partial charge in [0.2, 0.25) is 5.91 Å². The minimum Gasteiger partial charge on any atom is -0.342 e. The number of aryl methyl sites for hydroxylation is 1. The monoisotopic (exact) mass is 364 g/mol. The van der Waals surface area contributed by atoms with Crippen LogP contribution in [0.25, 0.3) is 0 Å². The van der Waals surface area contributed by atoms with E-state index in [1.54, 1.807) is 6.08 Å². The topological polar surface area (TPSA) is 66.8 Å². The predicted molar refractivity (Wildman–Crippen MR) is 97.9 cm³/mol. The number of hydrogen-bond acceptors (Lipinski definition) is 4. The summed E-state index contributed by atoms with van der Waals surface area (Å²) in [6.07, 6.45) is 2.73. The van der Waals surface area contributed by atoms with Gasteiger partial charge in [-0.2, -0.15) is 4.99 Å². The summed E-state index contributed by atoms with van der Waals surface area (Å²) in [7, 11) is -2.99. The molecule has 0 N–H and O–H groups in total. The molecule has 0 spiro atoms. The number of amides is 1. The molecule has 2 saturated heterocycles. The Bertz CT molecular complexity index is 759. The number of fused-ring (bicyclic) bond motifs is 1. The van der Waals surface area contributed by atoms with E-state index in [-0.39, 0.29) is 28.7 Å². The summed E-state index contributed by atoms with van der Waals surface area (Å²) in [5, 5.41) is 0.605. The molecule has 3 rings (SSSR count). The van der Waals surface area contributed by atoms with Crippen molar-refractivity contribution in [3.8, 4) is 0 Å². The fraction of sp³-hybridized carbons (Fsp3) is 0.412. The van der Waals surface area contributed by atoms with Gasteiger partial charge in [-0.3, -0.25) is 4.79 Å². The van der Waals surface area contributed by atoms with Gasteiger partial charge in [-0.25, -0.2) is 8.42 Å². The Hall–Kier alpha value is -1.60. The van der Waals surface area contributed by atoms with Crippen molar-refractivity contribution in [3.63, 3.8) is 0 Å². The Balaban J connectivity index is 1.67. The van der Waals surface area contributed by atoms with E-state index in [4.69, 9.17) is 0 Å². The first-order valence-electron chi connectivity index (χ1n) is 7.88. The Morgan fingerprint density at radius 3 is 2.79 bits per heavy atom. The highest BCUT2D eigenvalue weighted by Crippen LogP contribution is 2.38. The van der Waals surface area contributed by atoms with Crippen molar-refractivity contribution in [3.05, 3.63) is 48.6 Å². The molecule has 5 nitrogen and oxygen atoms in total. The molecule has 24 heavy (non-hydrogen) atoms. The zero-order valence-electron chi connectivity index (χ0n) is 13.3. The molecule has 2 fully saturated rings. The maximum atomic E-state index is 12.2. The van der Waals surface area contributed by atoms with E-state index in [0.717, 1.165) is 5.56 Å². The SMILES string of the molecule is C=CCN1C(=NC(=O)CCc2ccccc2)S[C@H]2CS(=O)(=O)C[C@H]21. The van der Waals surface area contributed by atoms with Crippen molar-refractivity contribution in [2.45, 2.75) is 24.1 Å². The smallest absolute Gasteiger partial charge is 0.248 e. The normalized spacial score (nSPS) is 26.5. The summed E-state index contributed by atoms with van der Waals surface area (Å²) < 4.78 is 23.6. The van der Waals surface area contributed by atoms with Crippen molar-refractivity contribution in [1.29, 1.82) is 0 Å². The molecule has 0 saturated carbocycles. The van der Waals surface area contributed by atoms with Gasteiger partial charge < -0.3 is 4.90 Å². The lowest BCUT2D eigenvalue weighted by Gasteiger charge is -2.22. The number of hydrogen-bond donors (Lipinski definition) is 0. The number of rotatable bonds is 5. The Kier molecular flexibility index (Phi) is 5.10. The molecule has 2 aliphatic rings. The Morgan fingerprint density at radius 2 is 2.08 bits per heavy atom. The average Bonchev–Trinajstić information content (AvgIpc) is 2.99. The molecule has 0 radical (unpaired) electrons. The van der Waals surface area contributed by atoms with Crippen LogP contribution in [-0.4, -0.2) is 53.7 Å². The maximum Gasteiger partial charge on any atom is 0.248 e. The van der Waals surface area contributed by atoms with Crippen molar-refractivity contribution in [2.75, 3.05) is 18.1 Å². The predicted octanol–water partition coefficient (Wildman–Crippen LogP) is 1.90. The third kappa shape index (κ3) is 3.89. The molecule has 2 aliphatic heterocycles. The Morgan fingerprint density at radius 1 is 1.33 bits per heavy atom. The molecule has 128 valence electrons. The highest BCUT2D eigenvalue weighted by Gasteiger charge is 2.48. The third-order valence-corrected chi connectivity index (χ3v) is 7.44. The second kappa shape index (κ2) is 7.11.